The van der Waals surface area contributed by atoms with Gasteiger partial charge in [-0.15, -0.1) is 0 Å². The molecular formula is C29H30ClFN6O4. The number of pyridine rings is 1. The smallest absolute Gasteiger partial charge is 0.307 e. The molecule has 214 valence electrons. The fourth-order valence-electron chi connectivity index (χ4n) is 5.01. The molecule has 2 aromatic heterocycles. The number of aryl methyl sites for hydroxylation is 2. The van der Waals surface area contributed by atoms with Crippen LogP contribution >= 0.6 is 11.6 Å². The van der Waals surface area contributed by atoms with E-state index in [0.717, 1.165) is 0 Å². The van der Waals surface area contributed by atoms with Gasteiger partial charge in [-0.2, -0.15) is 10.4 Å². The Labute approximate surface area is 241 Å². The summed E-state index contributed by atoms with van der Waals surface area (Å²) in [6, 6.07) is 8.84. The van der Waals surface area contributed by atoms with Crippen molar-refractivity contribution in [3.8, 4) is 17.6 Å². The minimum Gasteiger partial charge on any atom is -0.450 e. The molecule has 4 rings (SSSR count). The van der Waals surface area contributed by atoms with Gasteiger partial charge in [0.1, 0.15) is 23.3 Å². The Hall–Kier alpha value is -4.30. The third-order valence-electron chi connectivity index (χ3n) is 7.14. The molecule has 3 aromatic rings. The second kappa shape index (κ2) is 11.7. The summed E-state index contributed by atoms with van der Waals surface area (Å²) in [5, 5.41) is 18.9. The first kappa shape index (κ1) is 29.7. The molecule has 10 nitrogen and oxygen atoms in total. The fourth-order valence-corrected chi connectivity index (χ4v) is 5.24. The number of hydrogen-bond acceptors (Lipinski definition) is 7. The number of carbonyl (C=O) groups excluding carboxylic acids is 2. The second-order valence-electron chi connectivity index (χ2n) is 10.7. The lowest BCUT2D eigenvalue weighted by Crippen LogP contribution is -2.52. The summed E-state index contributed by atoms with van der Waals surface area (Å²) in [6.07, 6.45) is 1.03. The molecule has 1 fully saturated rings. The van der Waals surface area contributed by atoms with Gasteiger partial charge in [0.15, 0.2) is 5.75 Å². The highest BCUT2D eigenvalue weighted by molar-refractivity contribution is 6.30. The number of carbonyl (C=O) groups is 2. The lowest BCUT2D eigenvalue weighted by atomic mass is 9.84. The van der Waals surface area contributed by atoms with E-state index in [4.69, 9.17) is 16.3 Å². The number of nitrogens with one attached hydrogen (secondary N) is 2. The van der Waals surface area contributed by atoms with Crippen molar-refractivity contribution >= 4 is 23.4 Å². The summed E-state index contributed by atoms with van der Waals surface area (Å²) in [7, 11) is 0. The molecule has 1 aliphatic heterocycles. The number of ether oxygens (including phenoxy) is 1. The van der Waals surface area contributed by atoms with Gasteiger partial charge in [-0.3, -0.25) is 14.4 Å². The van der Waals surface area contributed by atoms with E-state index in [2.05, 4.69) is 26.6 Å². The van der Waals surface area contributed by atoms with E-state index in [-0.39, 0.29) is 22.2 Å². The van der Waals surface area contributed by atoms with Crippen LogP contribution in [0.2, 0.25) is 5.02 Å². The van der Waals surface area contributed by atoms with Crippen LogP contribution in [0.4, 0.5) is 4.39 Å². The van der Waals surface area contributed by atoms with Crippen molar-refractivity contribution in [1.29, 1.82) is 5.26 Å². The normalized spacial score (nSPS) is 17.6. The summed E-state index contributed by atoms with van der Waals surface area (Å²) in [6.45, 7) is 8.37. The minimum absolute atomic E-state index is 0.0356. The van der Waals surface area contributed by atoms with E-state index in [9.17, 15) is 24.0 Å². The molecule has 0 spiro atoms. The van der Waals surface area contributed by atoms with E-state index in [1.54, 1.807) is 45.6 Å². The van der Waals surface area contributed by atoms with Crippen molar-refractivity contribution in [1.82, 2.24) is 25.4 Å². The molecule has 1 aliphatic rings. The average Bonchev–Trinajstić information content (AvgIpc) is 3.37. The maximum atomic E-state index is 14.2. The van der Waals surface area contributed by atoms with Gasteiger partial charge in [0, 0.05) is 11.1 Å². The molecule has 1 saturated heterocycles. The van der Waals surface area contributed by atoms with Crippen molar-refractivity contribution in [2.45, 2.75) is 65.6 Å². The van der Waals surface area contributed by atoms with Crippen LogP contribution in [0.25, 0.3) is 0 Å². The second-order valence-corrected chi connectivity index (χ2v) is 11.1. The number of hydrogen-bond donors (Lipinski definition) is 2. The third kappa shape index (κ3) is 6.38. The Kier molecular flexibility index (Phi) is 8.44. The first-order valence-corrected chi connectivity index (χ1v) is 13.4. The van der Waals surface area contributed by atoms with E-state index < -0.39 is 46.7 Å². The third-order valence-corrected chi connectivity index (χ3v) is 7.35. The molecule has 0 bridgehead atoms. The predicted molar refractivity (Wildman–Crippen MR) is 149 cm³/mol. The molecule has 1 unspecified atom stereocenters. The predicted octanol–water partition coefficient (Wildman–Crippen LogP) is 4.77. The van der Waals surface area contributed by atoms with E-state index in [1.807, 2.05) is 0 Å². The van der Waals surface area contributed by atoms with E-state index >= 15 is 0 Å². The summed E-state index contributed by atoms with van der Waals surface area (Å²) in [4.78, 5) is 44.8. The number of benzene rings is 1. The van der Waals surface area contributed by atoms with Gasteiger partial charge in [-0.1, -0.05) is 11.6 Å². The Morgan fingerprint density at radius 2 is 1.95 bits per heavy atom. The van der Waals surface area contributed by atoms with Gasteiger partial charge in [0.2, 0.25) is 5.91 Å². The quantitative estimate of drug-likeness (QED) is 0.410. The SMILES string of the molecule is Cc1cc(Oc2ccc(C(=O)N[C@H](C)C(=O)N3C(C(C)(C)C#N)CC[C@H]3c3cc(F)cc(Cl)c3)nc2C)c(=O)[nH]n1. The number of halogens is 2. The van der Waals surface area contributed by atoms with Crippen LogP contribution in [0.1, 0.15) is 67.1 Å². The van der Waals surface area contributed by atoms with Crippen LogP contribution in [0.5, 0.6) is 11.5 Å². The number of likely N-dealkylation sites (tertiary alicyclic amines) is 1. The number of nitriles is 1. The lowest BCUT2D eigenvalue weighted by molar-refractivity contribution is -0.137. The van der Waals surface area contributed by atoms with Crippen molar-refractivity contribution in [3.63, 3.8) is 0 Å². The van der Waals surface area contributed by atoms with Crippen molar-refractivity contribution < 1.29 is 18.7 Å². The summed E-state index contributed by atoms with van der Waals surface area (Å²) < 4.78 is 19.9. The Bertz CT molecular complexity index is 1580. The van der Waals surface area contributed by atoms with Crippen molar-refractivity contribution in [2.24, 2.45) is 5.41 Å². The van der Waals surface area contributed by atoms with Crippen LogP contribution in [0.3, 0.4) is 0 Å². The zero-order valence-electron chi connectivity index (χ0n) is 23.3. The number of aromatic amines is 1. The molecule has 0 saturated carbocycles. The highest BCUT2D eigenvalue weighted by Gasteiger charge is 2.46. The zero-order chi connectivity index (χ0) is 30.1. The molecule has 41 heavy (non-hydrogen) atoms. The highest BCUT2D eigenvalue weighted by Crippen LogP contribution is 2.44. The van der Waals surface area contributed by atoms with Gasteiger partial charge >= 0.3 is 5.56 Å². The summed E-state index contributed by atoms with van der Waals surface area (Å²) in [5.41, 5.74) is 0.0643. The number of nitrogens with zero attached hydrogens (tertiary/aromatic N) is 4. The van der Waals surface area contributed by atoms with E-state index in [1.165, 1.54) is 30.3 Å². The molecule has 0 radical (unpaired) electrons. The monoisotopic (exact) mass is 580 g/mol. The first-order valence-electron chi connectivity index (χ1n) is 13.0. The van der Waals surface area contributed by atoms with Gasteiger partial charge in [0.25, 0.3) is 5.91 Å². The molecule has 3 heterocycles. The number of H-pyrrole nitrogens is 1. The number of amides is 2. The Morgan fingerprint density at radius 1 is 1.22 bits per heavy atom. The maximum Gasteiger partial charge on any atom is 0.307 e. The van der Waals surface area contributed by atoms with E-state index in [0.29, 0.717) is 29.8 Å². The zero-order valence-corrected chi connectivity index (χ0v) is 24.0. The van der Waals surface area contributed by atoms with Crippen molar-refractivity contribution in [2.75, 3.05) is 0 Å². The fraction of sp³-hybridized carbons (Fsp3) is 0.379. The summed E-state index contributed by atoms with van der Waals surface area (Å²) in [5.74, 6) is -1.23. The maximum absolute atomic E-state index is 14.2. The molecule has 12 heteroatoms. The molecule has 2 amide bonds. The van der Waals surface area contributed by atoms with Crippen LogP contribution in [-0.2, 0) is 4.79 Å². The Balaban J connectivity index is 1.55. The molecular weight excluding hydrogens is 551 g/mol. The molecule has 0 aliphatic carbocycles. The van der Waals surface area contributed by atoms with Gasteiger partial charge in [-0.25, -0.2) is 14.5 Å². The molecule has 2 N–H and O–H groups in total. The van der Waals surface area contributed by atoms with Crippen LogP contribution in [0, 0.1) is 36.4 Å². The van der Waals surface area contributed by atoms with Gasteiger partial charge < -0.3 is 15.0 Å². The van der Waals surface area contributed by atoms with Gasteiger partial charge in [0.05, 0.1) is 35.0 Å². The molecule has 3 atom stereocenters. The van der Waals surface area contributed by atoms with Gasteiger partial charge in [-0.05, 0) is 83.4 Å². The lowest BCUT2D eigenvalue weighted by Gasteiger charge is -2.38. The minimum atomic E-state index is -0.986. The number of aromatic nitrogens is 3. The topological polar surface area (TPSA) is 141 Å². The van der Waals surface area contributed by atoms with Crippen LogP contribution in [-0.4, -0.2) is 44.0 Å². The summed E-state index contributed by atoms with van der Waals surface area (Å²) >= 11 is 6.10. The average molecular weight is 581 g/mol. The Morgan fingerprint density at radius 3 is 2.61 bits per heavy atom. The number of rotatable bonds is 7. The first-order chi connectivity index (χ1) is 19.3. The van der Waals surface area contributed by atoms with Crippen molar-refractivity contribution in [3.05, 3.63) is 80.2 Å². The molecule has 1 aromatic carbocycles. The highest BCUT2D eigenvalue weighted by atomic mass is 35.5. The van der Waals surface area contributed by atoms with Crippen LogP contribution < -0.4 is 15.6 Å². The standard InChI is InChI=1S/C29H30ClFN6O4/c1-15-10-24(27(39)36-35-15)41-23-8-6-21(33-16(23)2)26(38)34-17(3)28(40)37-22(7-9-25(37)29(4,5)14-32)18-11-19(30)13-20(31)12-18/h6,8,10-13,17,22,25H,7,9H2,1-5H3,(H,34,38)(H,36,39)/t17-,22+,25?/m1/s1. The largest absolute Gasteiger partial charge is 0.450 e. The van der Waals surface area contributed by atoms with Crippen LogP contribution in [0.15, 0.2) is 41.2 Å².